The van der Waals surface area contributed by atoms with Crippen molar-refractivity contribution in [2.45, 2.75) is 19.9 Å². The highest BCUT2D eigenvalue weighted by molar-refractivity contribution is 14.1. The molecule has 0 amide bonds. The molecule has 18 heavy (non-hydrogen) atoms. The van der Waals surface area contributed by atoms with E-state index in [0.717, 1.165) is 27.8 Å². The molecule has 0 fully saturated rings. The van der Waals surface area contributed by atoms with Crippen molar-refractivity contribution in [2.75, 3.05) is 0 Å². The first kappa shape index (κ1) is 13.1. The SMILES string of the molecule is CCCn1c(C(=O)O)ccc1-c1ccccc1I. The van der Waals surface area contributed by atoms with Gasteiger partial charge in [0.25, 0.3) is 0 Å². The third kappa shape index (κ3) is 2.43. The molecular weight excluding hydrogens is 341 g/mol. The van der Waals surface area contributed by atoms with E-state index in [0.29, 0.717) is 5.69 Å². The highest BCUT2D eigenvalue weighted by Crippen LogP contribution is 2.27. The van der Waals surface area contributed by atoms with E-state index < -0.39 is 5.97 Å². The van der Waals surface area contributed by atoms with E-state index in [2.05, 4.69) is 22.6 Å². The number of benzene rings is 1. The molecule has 0 saturated heterocycles. The molecular formula is C14H14INO2. The Balaban J connectivity index is 2.58. The molecule has 1 aromatic carbocycles. The summed E-state index contributed by atoms with van der Waals surface area (Å²) in [6, 6.07) is 11.6. The smallest absolute Gasteiger partial charge is 0.352 e. The van der Waals surface area contributed by atoms with Gasteiger partial charge in [-0.3, -0.25) is 0 Å². The Morgan fingerprint density at radius 1 is 1.28 bits per heavy atom. The molecule has 1 N–H and O–H groups in total. The summed E-state index contributed by atoms with van der Waals surface area (Å²) >= 11 is 2.27. The van der Waals surface area contributed by atoms with Gasteiger partial charge in [0.2, 0.25) is 0 Å². The first-order valence-electron chi connectivity index (χ1n) is 5.83. The number of rotatable bonds is 4. The number of hydrogen-bond donors (Lipinski definition) is 1. The van der Waals surface area contributed by atoms with Crippen LogP contribution in [0, 0.1) is 3.57 Å². The molecule has 0 unspecified atom stereocenters. The molecule has 3 nitrogen and oxygen atoms in total. The highest BCUT2D eigenvalue weighted by Gasteiger charge is 2.15. The summed E-state index contributed by atoms with van der Waals surface area (Å²) in [5.74, 6) is -0.874. The fraction of sp³-hybridized carbons (Fsp3) is 0.214. The van der Waals surface area contributed by atoms with Gasteiger partial charge in [0.05, 0.1) is 0 Å². The van der Waals surface area contributed by atoms with E-state index in [1.54, 1.807) is 6.07 Å². The second-order valence-electron chi connectivity index (χ2n) is 4.04. The maximum Gasteiger partial charge on any atom is 0.352 e. The van der Waals surface area contributed by atoms with Gasteiger partial charge < -0.3 is 9.67 Å². The van der Waals surface area contributed by atoms with Gasteiger partial charge in [-0.15, -0.1) is 0 Å². The van der Waals surface area contributed by atoms with Crippen LogP contribution in [-0.2, 0) is 6.54 Å². The topological polar surface area (TPSA) is 42.2 Å². The lowest BCUT2D eigenvalue weighted by atomic mass is 10.1. The van der Waals surface area contributed by atoms with Gasteiger partial charge in [-0.25, -0.2) is 4.79 Å². The van der Waals surface area contributed by atoms with Crippen molar-refractivity contribution in [2.24, 2.45) is 0 Å². The molecule has 0 saturated carbocycles. The normalized spacial score (nSPS) is 10.6. The number of carboxylic acid groups (broad SMARTS) is 1. The Bertz CT molecular complexity index is 575. The van der Waals surface area contributed by atoms with Crippen LogP contribution < -0.4 is 0 Å². The number of carbonyl (C=O) groups is 1. The molecule has 0 atom stereocenters. The lowest BCUT2D eigenvalue weighted by Crippen LogP contribution is -2.09. The summed E-state index contributed by atoms with van der Waals surface area (Å²) in [6.07, 6.45) is 0.908. The van der Waals surface area contributed by atoms with Crippen molar-refractivity contribution in [3.63, 3.8) is 0 Å². The zero-order chi connectivity index (χ0) is 13.1. The van der Waals surface area contributed by atoms with Crippen LogP contribution in [0.25, 0.3) is 11.3 Å². The van der Waals surface area contributed by atoms with E-state index in [-0.39, 0.29) is 0 Å². The van der Waals surface area contributed by atoms with E-state index >= 15 is 0 Å². The van der Waals surface area contributed by atoms with Crippen molar-refractivity contribution in [1.82, 2.24) is 4.57 Å². The summed E-state index contributed by atoms with van der Waals surface area (Å²) in [7, 11) is 0. The third-order valence-corrected chi connectivity index (χ3v) is 3.74. The minimum absolute atomic E-state index is 0.353. The first-order chi connectivity index (χ1) is 8.65. The van der Waals surface area contributed by atoms with E-state index in [9.17, 15) is 9.90 Å². The predicted octanol–water partition coefficient (Wildman–Crippen LogP) is 3.87. The van der Waals surface area contributed by atoms with Crippen LogP contribution in [0.15, 0.2) is 36.4 Å². The molecule has 2 rings (SSSR count). The minimum atomic E-state index is -0.874. The van der Waals surface area contributed by atoms with Crippen LogP contribution in [0.4, 0.5) is 0 Å². The van der Waals surface area contributed by atoms with Crippen LogP contribution >= 0.6 is 22.6 Å². The number of aromatic carboxylic acids is 1. The fourth-order valence-corrected chi connectivity index (χ4v) is 2.69. The van der Waals surface area contributed by atoms with E-state index in [1.165, 1.54) is 0 Å². The van der Waals surface area contributed by atoms with Crippen molar-refractivity contribution in [3.8, 4) is 11.3 Å². The van der Waals surface area contributed by atoms with Crippen LogP contribution in [0.5, 0.6) is 0 Å². The number of aromatic nitrogens is 1. The predicted molar refractivity (Wildman–Crippen MR) is 79.8 cm³/mol. The summed E-state index contributed by atoms with van der Waals surface area (Å²) in [5, 5.41) is 9.20. The number of nitrogens with zero attached hydrogens (tertiary/aromatic N) is 1. The average Bonchev–Trinajstić information content (AvgIpc) is 2.74. The second-order valence-corrected chi connectivity index (χ2v) is 5.20. The summed E-state index contributed by atoms with van der Waals surface area (Å²) in [4.78, 5) is 11.2. The molecule has 0 aliphatic rings. The minimum Gasteiger partial charge on any atom is -0.477 e. The van der Waals surface area contributed by atoms with Crippen LogP contribution in [0.3, 0.4) is 0 Å². The largest absolute Gasteiger partial charge is 0.477 e. The third-order valence-electron chi connectivity index (χ3n) is 2.80. The van der Waals surface area contributed by atoms with Gasteiger partial charge in [0.1, 0.15) is 5.69 Å². The zero-order valence-electron chi connectivity index (χ0n) is 10.1. The molecule has 0 aliphatic heterocycles. The Labute approximate surface area is 120 Å². The fourth-order valence-electron chi connectivity index (χ4n) is 2.02. The van der Waals surface area contributed by atoms with Crippen LogP contribution in [0.2, 0.25) is 0 Å². The van der Waals surface area contributed by atoms with E-state index in [4.69, 9.17) is 0 Å². The Hall–Kier alpha value is -1.30. The molecule has 0 aliphatic carbocycles. The van der Waals surface area contributed by atoms with Crippen LogP contribution in [0.1, 0.15) is 23.8 Å². The van der Waals surface area contributed by atoms with Gasteiger partial charge in [0, 0.05) is 21.4 Å². The monoisotopic (exact) mass is 355 g/mol. The lowest BCUT2D eigenvalue weighted by molar-refractivity contribution is 0.0685. The molecule has 2 aromatic rings. The van der Waals surface area contributed by atoms with E-state index in [1.807, 2.05) is 41.8 Å². The van der Waals surface area contributed by atoms with Crippen molar-refractivity contribution >= 4 is 28.6 Å². The zero-order valence-corrected chi connectivity index (χ0v) is 12.2. The molecule has 0 spiro atoms. The average molecular weight is 355 g/mol. The Morgan fingerprint density at radius 2 is 2.00 bits per heavy atom. The molecule has 4 heteroatoms. The first-order valence-corrected chi connectivity index (χ1v) is 6.90. The van der Waals surface area contributed by atoms with Crippen molar-refractivity contribution in [1.29, 1.82) is 0 Å². The number of halogens is 1. The van der Waals surface area contributed by atoms with Crippen molar-refractivity contribution < 1.29 is 9.90 Å². The number of carboxylic acids is 1. The Morgan fingerprint density at radius 3 is 2.61 bits per heavy atom. The summed E-state index contributed by atoms with van der Waals surface area (Å²) in [5.41, 5.74) is 2.41. The number of hydrogen-bond acceptors (Lipinski definition) is 1. The van der Waals surface area contributed by atoms with Gasteiger partial charge in [-0.05, 0) is 47.2 Å². The molecule has 0 radical (unpaired) electrons. The molecule has 1 aromatic heterocycles. The highest BCUT2D eigenvalue weighted by atomic mass is 127. The maximum absolute atomic E-state index is 11.2. The summed E-state index contributed by atoms with van der Waals surface area (Å²) in [6.45, 7) is 2.76. The summed E-state index contributed by atoms with van der Waals surface area (Å²) < 4.78 is 3.00. The van der Waals surface area contributed by atoms with Gasteiger partial charge in [-0.2, -0.15) is 0 Å². The second kappa shape index (κ2) is 5.56. The molecule has 1 heterocycles. The molecule has 0 bridgehead atoms. The standard InChI is InChI=1S/C14H14INO2/c1-2-9-16-12(7-8-13(16)14(17)18)10-5-3-4-6-11(10)15/h3-8H,2,9H2,1H3,(H,17,18). The quantitative estimate of drug-likeness (QED) is 0.847. The van der Waals surface area contributed by atoms with Gasteiger partial charge in [0.15, 0.2) is 0 Å². The molecule has 94 valence electrons. The Kier molecular flexibility index (Phi) is 4.06. The van der Waals surface area contributed by atoms with Gasteiger partial charge in [-0.1, -0.05) is 25.1 Å². The van der Waals surface area contributed by atoms with Crippen molar-refractivity contribution in [3.05, 3.63) is 45.7 Å². The van der Waals surface area contributed by atoms with Crippen LogP contribution in [-0.4, -0.2) is 15.6 Å². The van der Waals surface area contributed by atoms with Gasteiger partial charge >= 0.3 is 5.97 Å². The maximum atomic E-state index is 11.2. The lowest BCUT2D eigenvalue weighted by Gasteiger charge is -2.11.